The summed E-state index contributed by atoms with van der Waals surface area (Å²) in [6, 6.07) is -9.54. The molecule has 0 saturated carbocycles. The van der Waals surface area contributed by atoms with Gasteiger partial charge in [0.1, 0.15) is 144 Å². The van der Waals surface area contributed by atoms with Gasteiger partial charge in [-0.3, -0.25) is 38.4 Å². The number of halogens is 1. The Balaban J connectivity index is 1.04. The van der Waals surface area contributed by atoms with Gasteiger partial charge < -0.3 is 167 Å². The van der Waals surface area contributed by atoms with Gasteiger partial charge in [-0.25, -0.2) is 4.79 Å². The van der Waals surface area contributed by atoms with Crippen LogP contribution in [0.4, 0.5) is 0 Å². The maximum absolute atomic E-state index is 17.1. The molecule has 13 aliphatic rings. The summed E-state index contributed by atoms with van der Waals surface area (Å²) in [5, 5.41) is 190. The zero-order valence-electron chi connectivity index (χ0n) is 69.0. The molecule has 25 N–H and O–H groups in total. The highest BCUT2D eigenvalue weighted by molar-refractivity contribution is 6.22. The Hall–Kier alpha value is -11.0. The number of phenolic OH excluding ortho intramolecular Hbond substituents is 2. The molecule has 9 aliphatic heterocycles. The fourth-order valence-corrected chi connectivity index (χ4v) is 17.8. The molecule has 42 nitrogen and oxygen atoms in total. The number of aromatic hydroxyl groups is 2. The fraction of sp³-hybridized carbons (Fsp3) is 0.494. The number of aliphatic hydroxyl groups is 12. The molecule has 0 radical (unpaired) electrons. The van der Waals surface area contributed by atoms with E-state index in [1.54, 1.807) is 26.8 Å². The number of hydrogen-bond donors (Lipinski definition) is 24. The minimum Gasteiger partial charge on any atom is -0.508 e. The number of amides is 8. The van der Waals surface area contributed by atoms with Crippen LogP contribution in [0.2, 0.25) is 0 Å². The first-order valence-corrected chi connectivity index (χ1v) is 41.8. The molecule has 690 valence electrons. The Labute approximate surface area is 733 Å². The van der Waals surface area contributed by atoms with Crippen molar-refractivity contribution < 1.29 is 162 Å². The summed E-state index contributed by atoms with van der Waals surface area (Å²) in [6.07, 6.45) is -24.4. The maximum Gasteiger partial charge on any atom is 0.330 e. The number of carboxylic acids is 1. The number of alkyl halides is 1. The topological polar surface area (TPSA) is 662 Å². The minimum atomic E-state index is -2.49. The predicted octanol–water partition coefficient (Wildman–Crippen LogP) is -3.75. The highest BCUT2D eigenvalue weighted by Crippen LogP contribution is 2.50. The highest BCUT2D eigenvalue weighted by Gasteiger charge is 2.54. The lowest BCUT2D eigenvalue weighted by Gasteiger charge is -2.45. The fourth-order valence-electron chi connectivity index (χ4n) is 17.5. The molecule has 3 aromatic rings. The van der Waals surface area contributed by atoms with Crippen LogP contribution >= 0.6 is 11.6 Å². The summed E-state index contributed by atoms with van der Waals surface area (Å²) in [4.78, 5) is 138. The van der Waals surface area contributed by atoms with Crippen molar-refractivity contribution in [1.29, 1.82) is 0 Å². The van der Waals surface area contributed by atoms with Crippen LogP contribution in [0, 0.1) is 11.8 Å². The van der Waals surface area contributed by atoms with E-state index in [-0.39, 0.29) is 82.1 Å². The number of ether oxygens (including phenoxy) is 9. The molecule has 0 spiro atoms. The number of nitrogens with one attached hydrogen (secondary N) is 8. The van der Waals surface area contributed by atoms with Gasteiger partial charge in [0.05, 0.1) is 37.9 Å². The lowest BCUT2D eigenvalue weighted by molar-refractivity contribution is -0.292. The normalized spacial score (nSPS) is 34.5. The van der Waals surface area contributed by atoms with E-state index in [2.05, 4.69) is 42.5 Å². The number of hydrogen-bond acceptors (Lipinski definition) is 33. The first-order valence-electron chi connectivity index (χ1n) is 41.4. The molecular formula is C85H100ClN9O33. The number of carbonyl (C=O) groups is 9. The largest absolute Gasteiger partial charge is 0.508 e. The quantitative estimate of drug-likeness (QED) is 0.0650. The molecule has 16 rings (SSSR count). The molecule has 0 aromatic heterocycles. The van der Waals surface area contributed by atoms with E-state index in [9.17, 15) is 95.8 Å². The third-order valence-corrected chi connectivity index (χ3v) is 24.4. The van der Waals surface area contributed by atoms with Gasteiger partial charge in [0.15, 0.2) is 35.3 Å². The van der Waals surface area contributed by atoms with Crippen molar-refractivity contribution in [3.8, 4) is 40.2 Å². The lowest BCUT2D eigenvalue weighted by Crippen LogP contribution is -2.67. The van der Waals surface area contributed by atoms with Gasteiger partial charge in [0, 0.05) is 43.2 Å². The molecule has 43 heteroatoms. The lowest BCUT2D eigenvalue weighted by atomic mass is 9.73. The standard InChI is InChI=1S/C85H100ClN9O33/c1-5-6-56(104)90-64-70(109)67(106)54(28-98)125-84(64)128-75-51-21-39-22-52(75)122-73-30(2)13-33(14-31(73)3)15-46-76(112)91-60(38-16-40(101)23-42(17-38)120-49-20-34(9-11-47(49)103)58(87)77(113)89-46)79(115)93-61(39)80(116)92-59-35-7-8-37(26-96)43(18-35)57-44(24-41(102)25-50(57)123-85-72(111)71(110)68(107)55(29-99)126-85)62(82(118)119)94-81(117)65(95-78(59)114)74(36-10-12-48(121-51)45(86)19-36)127-83-63(88-32(4)100)69(108)66(105)53(27-97)124-83/h7-13,16-17,20-24,31,41,43,45-46,53-55,58-72,74,83-85,96-99,101-103,105-111H,5-6,14-15,18-19,25-29,87H2,1-4H3,(H,88,100)(H,89,113)(H,90,104)(H,91,112)(H,92,116)(H,93,115)(H,94,117)(H,95,114)(H,118,119)/t31?,41?,43?,45-,46+,53?,54?,55?,58+,59+,60-,61+,62-,63?,64?,65-,66+,67+,68+,69?,70?,71?,72?,74+,83-,84-,85-/m0/s1. The Kier molecular flexibility index (Phi) is 28.2. The Bertz CT molecular complexity index is 5150. The number of allylic oxidation sites excluding steroid dienone is 8. The van der Waals surface area contributed by atoms with Crippen molar-refractivity contribution in [2.24, 2.45) is 17.6 Å². The van der Waals surface area contributed by atoms with E-state index in [0.29, 0.717) is 11.1 Å². The van der Waals surface area contributed by atoms with E-state index >= 15 is 24.0 Å². The van der Waals surface area contributed by atoms with Crippen molar-refractivity contribution >= 4 is 64.8 Å². The van der Waals surface area contributed by atoms with E-state index < -0.39 is 308 Å². The zero-order chi connectivity index (χ0) is 92.0. The second-order valence-electron chi connectivity index (χ2n) is 33.0. The molecule has 8 amide bonds. The number of carbonyl (C=O) groups excluding carboxylic acids is 8. The number of nitrogens with two attached hydrogens (primary N) is 1. The number of carboxylic acid groups (broad SMARTS) is 1. The Morgan fingerprint density at radius 3 is 1.84 bits per heavy atom. The molecular weight excluding hydrogens is 1710 g/mol. The molecule has 17 bridgehead atoms. The van der Waals surface area contributed by atoms with Crippen molar-refractivity contribution in [3.63, 3.8) is 0 Å². The molecule has 27 atom stereocenters. The van der Waals surface area contributed by atoms with Crippen LogP contribution in [-0.4, -0.2) is 290 Å². The molecule has 4 aliphatic carbocycles. The van der Waals surface area contributed by atoms with Crippen molar-refractivity contribution in [1.82, 2.24) is 42.5 Å². The number of rotatable bonds is 15. The molecule has 4 fully saturated rings. The number of aliphatic carboxylic acids is 1. The summed E-state index contributed by atoms with van der Waals surface area (Å²) >= 11 is 7.61. The second-order valence-corrected chi connectivity index (χ2v) is 33.5. The average molecular weight is 1810 g/mol. The van der Waals surface area contributed by atoms with Gasteiger partial charge in [-0.15, -0.1) is 11.6 Å². The van der Waals surface area contributed by atoms with Crippen LogP contribution in [0.1, 0.15) is 107 Å². The van der Waals surface area contributed by atoms with Gasteiger partial charge in [0.2, 0.25) is 65.6 Å². The first kappa shape index (κ1) is 93.2. The summed E-state index contributed by atoms with van der Waals surface area (Å²) in [5.74, 6) is -18.0. The molecule has 9 heterocycles. The average Bonchev–Trinajstić information content (AvgIpc) is 0.754. The van der Waals surface area contributed by atoms with Gasteiger partial charge in [-0.05, 0) is 132 Å². The van der Waals surface area contributed by atoms with Crippen molar-refractivity contribution in [2.45, 2.75) is 225 Å². The third-order valence-electron chi connectivity index (χ3n) is 24.0. The Morgan fingerprint density at radius 1 is 0.594 bits per heavy atom. The van der Waals surface area contributed by atoms with Gasteiger partial charge >= 0.3 is 5.97 Å². The van der Waals surface area contributed by atoms with Crippen LogP contribution in [0.3, 0.4) is 0 Å². The third kappa shape index (κ3) is 19.2. The SMILES string of the molecule is CCCC(=O)NC1C(O)[C@H](O)C(CO)O[C@H]1Oc1c2cc3cc1OC1=C(C)C=C(CC1C)C[C@H]1NC(=O)[C@H](N)c4ccc(O)c(c4)Oc4cc(O)cc(c4)[C@H](NC1=O)C(=O)N[C@H]3C(=O)N[C@H]1C(=O)N[C@H](C(=O)N[C@H](C(=O)O)C3=CC(O)CC(O[C@H]4OC(CO)[C@@H](O)C(O)C4O)=C3C3CC1=CC=C3CO)[C@H](O[C@@H]1OC(CO)[C@@H](O)C(O)C1NC(C)=O)C1=CC=C(O2)[C@@H](Cl)C1. The smallest absolute Gasteiger partial charge is 0.330 e. The van der Waals surface area contributed by atoms with E-state index in [1.807, 2.05) is 0 Å². The number of fused-ring (bicyclic) bond motifs is 14. The predicted molar refractivity (Wildman–Crippen MR) is 435 cm³/mol. The van der Waals surface area contributed by atoms with Gasteiger partial charge in [-0.1, -0.05) is 49.8 Å². The van der Waals surface area contributed by atoms with E-state index in [1.165, 1.54) is 48.6 Å². The maximum atomic E-state index is 17.1. The van der Waals surface area contributed by atoms with Crippen molar-refractivity contribution in [2.75, 3.05) is 26.4 Å². The highest BCUT2D eigenvalue weighted by atomic mass is 35.5. The van der Waals surface area contributed by atoms with Crippen LogP contribution in [0.15, 0.2) is 141 Å². The number of phenols is 2. The zero-order valence-corrected chi connectivity index (χ0v) is 69.7. The number of benzene rings is 3. The molecule has 3 aromatic carbocycles. The summed E-state index contributed by atoms with van der Waals surface area (Å²) < 4.78 is 58.3. The second kappa shape index (κ2) is 38.8. The summed E-state index contributed by atoms with van der Waals surface area (Å²) in [5.41, 5.74) is 5.32. The number of aliphatic hydroxyl groups excluding tert-OH is 12. The van der Waals surface area contributed by atoms with Crippen LogP contribution < -0.4 is 67.2 Å². The van der Waals surface area contributed by atoms with E-state index in [4.69, 9.17) is 60.0 Å². The van der Waals surface area contributed by atoms with Gasteiger partial charge in [0.25, 0.3) is 0 Å². The first-order chi connectivity index (χ1) is 61.0. The van der Waals surface area contributed by atoms with Crippen LogP contribution in [-0.2, 0) is 66.8 Å². The Morgan fingerprint density at radius 2 is 1.20 bits per heavy atom. The van der Waals surface area contributed by atoms with E-state index in [0.717, 1.165) is 37.3 Å². The minimum absolute atomic E-state index is 0.00735. The van der Waals surface area contributed by atoms with Gasteiger partial charge in [-0.2, -0.15) is 0 Å². The molecule has 128 heavy (non-hydrogen) atoms. The monoisotopic (exact) mass is 1810 g/mol. The molecule has 4 saturated heterocycles. The van der Waals surface area contributed by atoms with Crippen LogP contribution in [0.25, 0.3) is 0 Å². The van der Waals surface area contributed by atoms with Crippen LogP contribution in [0.5, 0.6) is 40.2 Å². The van der Waals surface area contributed by atoms with Crippen molar-refractivity contribution in [3.05, 3.63) is 158 Å². The molecule has 12 unspecified atom stereocenters. The summed E-state index contributed by atoms with van der Waals surface area (Å²) in [6.45, 7) is 2.04. The summed E-state index contributed by atoms with van der Waals surface area (Å²) in [7, 11) is 0.